The van der Waals surface area contributed by atoms with Crippen LogP contribution in [0.5, 0.6) is 0 Å². The van der Waals surface area contributed by atoms with Crippen LogP contribution in [-0.2, 0) is 5.41 Å². The van der Waals surface area contributed by atoms with Crippen LogP contribution in [0.4, 0.5) is 17.1 Å². The minimum Gasteiger partial charge on any atom is -0.455 e. The van der Waals surface area contributed by atoms with Gasteiger partial charge >= 0.3 is 0 Å². The molecule has 0 spiro atoms. The van der Waals surface area contributed by atoms with E-state index in [2.05, 4.69) is 189 Å². The van der Waals surface area contributed by atoms with Crippen LogP contribution in [0.1, 0.15) is 25.0 Å². The second kappa shape index (κ2) is 11.2. The zero-order valence-electron chi connectivity index (χ0n) is 29.6. The Bertz CT molecular complexity index is 3060. The monoisotopic (exact) mass is 677 g/mol. The Hall–Kier alpha value is -6.64. The van der Waals surface area contributed by atoms with Crippen molar-refractivity contribution in [1.82, 2.24) is 0 Å². The van der Waals surface area contributed by atoms with Gasteiger partial charge in [0.2, 0.25) is 0 Å². The summed E-state index contributed by atoms with van der Waals surface area (Å²) in [6.07, 6.45) is 0. The molecule has 2 nitrogen and oxygen atoms in total. The van der Waals surface area contributed by atoms with Gasteiger partial charge in [-0.05, 0) is 103 Å². The quantitative estimate of drug-likeness (QED) is 0.173. The molecule has 0 saturated heterocycles. The normalized spacial score (nSPS) is 13.6. The zero-order valence-corrected chi connectivity index (χ0v) is 29.6. The highest BCUT2D eigenvalue weighted by atomic mass is 16.3. The molecule has 0 saturated carbocycles. The molecular formula is C51H35NO. The summed E-state index contributed by atoms with van der Waals surface area (Å²) in [5.74, 6) is 0. The van der Waals surface area contributed by atoms with Gasteiger partial charge in [-0.25, -0.2) is 0 Å². The van der Waals surface area contributed by atoms with Crippen molar-refractivity contribution in [3.05, 3.63) is 187 Å². The lowest BCUT2D eigenvalue weighted by atomic mass is 9.72. The number of nitrogens with zero attached hydrogens (tertiary/aromatic N) is 1. The summed E-state index contributed by atoms with van der Waals surface area (Å²) in [5, 5.41) is 9.95. The molecule has 1 aliphatic rings. The molecule has 0 atom stereocenters. The Morgan fingerprint density at radius 3 is 1.64 bits per heavy atom. The van der Waals surface area contributed by atoms with E-state index >= 15 is 0 Å². The number of furan rings is 1. The highest BCUT2D eigenvalue weighted by molar-refractivity contribution is 6.26. The number of anilines is 3. The van der Waals surface area contributed by atoms with Gasteiger partial charge < -0.3 is 9.32 Å². The Morgan fingerprint density at radius 1 is 0.396 bits per heavy atom. The second-order valence-electron chi connectivity index (χ2n) is 14.9. The van der Waals surface area contributed by atoms with Gasteiger partial charge in [-0.15, -0.1) is 0 Å². The fourth-order valence-corrected chi connectivity index (χ4v) is 9.00. The lowest BCUT2D eigenvalue weighted by molar-refractivity contribution is 0.632. The maximum atomic E-state index is 6.54. The van der Waals surface area contributed by atoms with E-state index in [-0.39, 0.29) is 5.41 Å². The largest absolute Gasteiger partial charge is 0.455 e. The molecule has 0 N–H and O–H groups in total. The first-order chi connectivity index (χ1) is 26.0. The summed E-state index contributed by atoms with van der Waals surface area (Å²) in [6, 6.07) is 64.3. The van der Waals surface area contributed by atoms with Gasteiger partial charge in [-0.1, -0.05) is 147 Å². The molecule has 0 unspecified atom stereocenters. The minimum absolute atomic E-state index is 0.288. The first kappa shape index (κ1) is 30.0. The highest BCUT2D eigenvalue weighted by Crippen LogP contribution is 2.54. The molecule has 9 aromatic carbocycles. The third-order valence-electron chi connectivity index (χ3n) is 11.6. The second-order valence-corrected chi connectivity index (χ2v) is 14.9. The standard InChI is InChI=1S/C51H35NO/c1-51(2)45-29-33(32-13-4-3-5-14-32)23-27-47(45)52(35-25-26-41-39-17-7-6-15-37(39)38-16-8-9-18-40(38)44(41)31-35)48-28-24-34(30-46(48)51)36-20-12-21-43-42-19-10-11-22-49(42)53-50(36)43/h3-31H,1-2H3. The summed E-state index contributed by atoms with van der Waals surface area (Å²) >= 11 is 0. The molecule has 2 heterocycles. The molecule has 0 aliphatic carbocycles. The zero-order chi connectivity index (χ0) is 35.3. The molecule has 0 amide bonds. The lowest BCUT2D eigenvalue weighted by Crippen LogP contribution is -2.30. The predicted molar refractivity (Wildman–Crippen MR) is 224 cm³/mol. The smallest absolute Gasteiger partial charge is 0.143 e. The van der Waals surface area contributed by atoms with Gasteiger partial charge in [0.1, 0.15) is 11.2 Å². The first-order valence-corrected chi connectivity index (χ1v) is 18.4. The maximum absolute atomic E-state index is 6.54. The van der Waals surface area contributed by atoms with Crippen molar-refractivity contribution in [2.75, 3.05) is 4.90 Å². The molecule has 0 bridgehead atoms. The fourth-order valence-electron chi connectivity index (χ4n) is 9.00. The van der Waals surface area contributed by atoms with E-state index in [4.69, 9.17) is 4.42 Å². The van der Waals surface area contributed by atoms with Gasteiger partial charge in [-0.2, -0.15) is 0 Å². The van der Waals surface area contributed by atoms with Crippen LogP contribution in [0.3, 0.4) is 0 Å². The van der Waals surface area contributed by atoms with Crippen molar-refractivity contribution in [3.8, 4) is 22.3 Å². The molecule has 250 valence electrons. The summed E-state index contributed by atoms with van der Waals surface area (Å²) in [4.78, 5) is 2.49. The van der Waals surface area contributed by atoms with E-state index in [9.17, 15) is 0 Å². The van der Waals surface area contributed by atoms with Gasteiger partial charge in [-0.3, -0.25) is 0 Å². The fraction of sp³-hybridized carbons (Fsp3) is 0.0588. The van der Waals surface area contributed by atoms with Crippen molar-refractivity contribution in [2.24, 2.45) is 0 Å². The van der Waals surface area contributed by atoms with Crippen LogP contribution in [0, 0.1) is 0 Å². The molecule has 10 aromatic rings. The lowest BCUT2D eigenvalue weighted by Gasteiger charge is -2.42. The number of benzene rings is 9. The van der Waals surface area contributed by atoms with Gasteiger partial charge in [0.25, 0.3) is 0 Å². The molecular weight excluding hydrogens is 643 g/mol. The summed E-state index contributed by atoms with van der Waals surface area (Å²) in [6.45, 7) is 4.75. The van der Waals surface area contributed by atoms with Crippen LogP contribution < -0.4 is 4.90 Å². The molecule has 1 aromatic heterocycles. The average Bonchev–Trinajstić information content (AvgIpc) is 3.60. The van der Waals surface area contributed by atoms with Gasteiger partial charge in [0, 0.05) is 27.4 Å². The number of hydrogen-bond donors (Lipinski definition) is 0. The summed E-state index contributed by atoms with van der Waals surface area (Å²) < 4.78 is 6.54. The minimum atomic E-state index is -0.288. The van der Waals surface area contributed by atoms with Crippen molar-refractivity contribution in [1.29, 1.82) is 0 Å². The van der Waals surface area contributed by atoms with Crippen LogP contribution in [-0.4, -0.2) is 0 Å². The Morgan fingerprint density at radius 2 is 0.943 bits per heavy atom. The number of hydrogen-bond acceptors (Lipinski definition) is 2. The summed E-state index contributed by atoms with van der Waals surface area (Å²) in [5.41, 5.74) is 12.4. The Labute approximate surface area is 308 Å². The van der Waals surface area contributed by atoms with Crippen LogP contribution >= 0.6 is 0 Å². The number of fused-ring (bicyclic) bond motifs is 11. The number of para-hydroxylation sites is 2. The third-order valence-corrected chi connectivity index (χ3v) is 11.6. The van der Waals surface area contributed by atoms with E-state index in [1.54, 1.807) is 0 Å². The van der Waals surface area contributed by atoms with Crippen molar-refractivity contribution in [3.63, 3.8) is 0 Å². The van der Waals surface area contributed by atoms with E-state index in [1.165, 1.54) is 65.9 Å². The van der Waals surface area contributed by atoms with Crippen LogP contribution in [0.15, 0.2) is 180 Å². The van der Waals surface area contributed by atoms with Crippen molar-refractivity contribution < 1.29 is 4.42 Å². The van der Waals surface area contributed by atoms with Gasteiger partial charge in [0.15, 0.2) is 0 Å². The van der Waals surface area contributed by atoms with E-state index in [0.717, 1.165) is 38.8 Å². The molecule has 53 heavy (non-hydrogen) atoms. The molecule has 1 aliphatic heterocycles. The molecule has 0 radical (unpaired) electrons. The van der Waals surface area contributed by atoms with E-state index in [1.807, 2.05) is 6.07 Å². The van der Waals surface area contributed by atoms with Crippen molar-refractivity contribution in [2.45, 2.75) is 19.3 Å². The predicted octanol–water partition coefficient (Wildman–Crippen LogP) is 14.5. The Kier molecular flexibility index (Phi) is 6.33. The average molecular weight is 678 g/mol. The molecule has 0 fully saturated rings. The molecule has 2 heteroatoms. The van der Waals surface area contributed by atoms with E-state index < -0.39 is 0 Å². The SMILES string of the molecule is CC1(C)c2cc(-c3ccccc3)ccc2N(c2ccc3c4ccccc4c4ccccc4c3c2)c2ccc(-c3cccc4c3oc3ccccc34)cc21. The maximum Gasteiger partial charge on any atom is 0.143 e. The topological polar surface area (TPSA) is 16.4 Å². The number of rotatable bonds is 3. The van der Waals surface area contributed by atoms with E-state index in [0.29, 0.717) is 0 Å². The third kappa shape index (κ3) is 4.39. The summed E-state index contributed by atoms with van der Waals surface area (Å²) in [7, 11) is 0. The highest BCUT2D eigenvalue weighted by Gasteiger charge is 2.38. The van der Waals surface area contributed by atoms with Gasteiger partial charge in [0.05, 0.1) is 11.4 Å². The first-order valence-electron chi connectivity index (χ1n) is 18.4. The van der Waals surface area contributed by atoms with Crippen LogP contribution in [0.25, 0.3) is 76.5 Å². The Balaban J connectivity index is 1.17. The van der Waals surface area contributed by atoms with Crippen molar-refractivity contribution >= 4 is 71.3 Å². The van der Waals surface area contributed by atoms with Crippen LogP contribution in [0.2, 0.25) is 0 Å². The molecule has 11 rings (SSSR count).